The van der Waals surface area contributed by atoms with Crippen molar-refractivity contribution in [3.8, 4) is 6.07 Å². The Bertz CT molecular complexity index is 504. The molecule has 0 fully saturated rings. The number of anilines is 1. The van der Waals surface area contributed by atoms with Crippen LogP contribution in [0.15, 0.2) is 30.3 Å². The Morgan fingerprint density at radius 2 is 2.29 bits per heavy atom. The molecule has 0 N–H and O–H groups in total. The zero-order chi connectivity index (χ0) is 12.3. The maximum atomic E-state index is 12.0. The Kier molecular flexibility index (Phi) is 3.50. The van der Waals surface area contributed by atoms with Crippen LogP contribution in [0.5, 0.6) is 0 Å². The molecule has 0 spiro atoms. The molecule has 1 aliphatic heterocycles. The summed E-state index contributed by atoms with van der Waals surface area (Å²) in [6.07, 6.45) is 3.65. The lowest BCUT2D eigenvalue weighted by Crippen LogP contribution is -2.38. The van der Waals surface area contributed by atoms with E-state index in [0.29, 0.717) is 5.75 Å². The van der Waals surface area contributed by atoms with Gasteiger partial charge in [-0.05, 0) is 23.5 Å². The van der Waals surface area contributed by atoms with Crippen molar-refractivity contribution in [2.75, 3.05) is 10.7 Å². The number of carbonyl (C=O) groups is 1. The predicted octanol–water partition coefficient (Wildman–Crippen LogP) is 3.29. The minimum Gasteiger partial charge on any atom is -0.283 e. The highest BCUT2D eigenvalue weighted by Crippen LogP contribution is 2.31. The summed E-state index contributed by atoms with van der Waals surface area (Å²) >= 11 is 1.22. The topological polar surface area (TPSA) is 44.1 Å². The number of nitrogens with zero attached hydrogens (tertiary/aromatic N) is 2. The molecule has 0 aromatic heterocycles. The van der Waals surface area contributed by atoms with Gasteiger partial charge in [-0.25, -0.2) is 0 Å². The lowest BCUT2D eigenvalue weighted by molar-refractivity contribution is 0.265. The number of thioether (sulfide) groups is 1. The molecule has 1 aromatic rings. The third-order valence-corrected chi connectivity index (χ3v) is 3.26. The molecule has 0 bridgehead atoms. The Morgan fingerprint density at radius 3 is 3.00 bits per heavy atom. The average molecular weight is 244 g/mol. The zero-order valence-corrected chi connectivity index (χ0v) is 10.3. The van der Waals surface area contributed by atoms with Crippen LogP contribution >= 0.6 is 11.8 Å². The first-order chi connectivity index (χ1) is 8.27. The van der Waals surface area contributed by atoms with E-state index in [4.69, 9.17) is 5.26 Å². The van der Waals surface area contributed by atoms with Crippen molar-refractivity contribution in [2.45, 2.75) is 13.0 Å². The SMILES string of the molecule is CCSC(=O)N1c2ccccc2C=CC1C#N. The number of fused-ring (bicyclic) bond motifs is 1. The third-order valence-electron chi connectivity index (χ3n) is 2.53. The van der Waals surface area contributed by atoms with Crippen LogP contribution in [0.4, 0.5) is 10.5 Å². The third kappa shape index (κ3) is 2.20. The van der Waals surface area contributed by atoms with E-state index in [1.165, 1.54) is 11.8 Å². The highest BCUT2D eigenvalue weighted by Gasteiger charge is 2.27. The van der Waals surface area contributed by atoms with Gasteiger partial charge in [0.2, 0.25) is 0 Å². The number of rotatable bonds is 1. The van der Waals surface area contributed by atoms with Gasteiger partial charge in [0.25, 0.3) is 5.24 Å². The molecule has 0 saturated heterocycles. The van der Waals surface area contributed by atoms with Gasteiger partial charge in [-0.3, -0.25) is 9.69 Å². The van der Waals surface area contributed by atoms with Crippen LogP contribution in [0.25, 0.3) is 6.08 Å². The van der Waals surface area contributed by atoms with Crippen LogP contribution < -0.4 is 4.90 Å². The van der Waals surface area contributed by atoms with Gasteiger partial charge in [-0.1, -0.05) is 43.0 Å². The number of nitriles is 1. The number of hydrogen-bond acceptors (Lipinski definition) is 3. The predicted molar refractivity (Wildman–Crippen MR) is 70.9 cm³/mol. The molecule has 1 heterocycles. The first-order valence-corrected chi connectivity index (χ1v) is 6.39. The van der Waals surface area contributed by atoms with Gasteiger partial charge in [0.1, 0.15) is 6.04 Å². The zero-order valence-electron chi connectivity index (χ0n) is 9.46. The highest BCUT2D eigenvalue weighted by atomic mass is 32.2. The first-order valence-electron chi connectivity index (χ1n) is 5.40. The molecular weight excluding hydrogens is 232 g/mol. The van der Waals surface area contributed by atoms with Crippen molar-refractivity contribution in [1.82, 2.24) is 0 Å². The maximum absolute atomic E-state index is 12.0. The Labute approximate surface area is 105 Å². The summed E-state index contributed by atoms with van der Waals surface area (Å²) in [7, 11) is 0. The van der Waals surface area contributed by atoms with E-state index in [2.05, 4.69) is 6.07 Å². The number of benzene rings is 1. The minimum atomic E-state index is -0.503. The van der Waals surface area contributed by atoms with E-state index in [1.807, 2.05) is 37.3 Å². The average Bonchev–Trinajstić information content (AvgIpc) is 2.37. The van der Waals surface area contributed by atoms with Gasteiger partial charge in [0, 0.05) is 0 Å². The molecule has 0 aliphatic carbocycles. The fourth-order valence-electron chi connectivity index (χ4n) is 1.78. The van der Waals surface area contributed by atoms with E-state index >= 15 is 0 Å². The molecule has 4 heteroatoms. The summed E-state index contributed by atoms with van der Waals surface area (Å²) in [5.74, 6) is 0.708. The molecule has 86 valence electrons. The number of carbonyl (C=O) groups excluding carboxylic acids is 1. The monoisotopic (exact) mass is 244 g/mol. The van der Waals surface area contributed by atoms with E-state index < -0.39 is 6.04 Å². The minimum absolute atomic E-state index is 0.0733. The molecule has 1 amide bonds. The van der Waals surface area contributed by atoms with Crippen LogP contribution in [0.3, 0.4) is 0 Å². The molecule has 1 aromatic carbocycles. The standard InChI is InChI=1S/C13H12N2OS/c1-2-17-13(16)15-11(9-14)8-7-10-5-3-4-6-12(10)15/h3-8,11H,2H2,1H3. The second-order valence-corrected chi connectivity index (χ2v) is 4.78. The molecule has 1 unspecified atom stereocenters. The second kappa shape index (κ2) is 5.07. The summed E-state index contributed by atoms with van der Waals surface area (Å²) in [5, 5.41) is 9.03. The summed E-state index contributed by atoms with van der Waals surface area (Å²) in [5.41, 5.74) is 1.79. The van der Waals surface area contributed by atoms with Crippen molar-refractivity contribution in [2.24, 2.45) is 0 Å². The van der Waals surface area contributed by atoms with Crippen molar-refractivity contribution in [3.05, 3.63) is 35.9 Å². The molecule has 17 heavy (non-hydrogen) atoms. The Balaban J connectivity index is 2.43. The van der Waals surface area contributed by atoms with Gasteiger partial charge >= 0.3 is 0 Å². The van der Waals surface area contributed by atoms with Gasteiger partial charge in [-0.2, -0.15) is 5.26 Å². The number of amides is 1. The Hall–Kier alpha value is -1.73. The van der Waals surface area contributed by atoms with Gasteiger partial charge < -0.3 is 0 Å². The molecule has 2 rings (SSSR count). The largest absolute Gasteiger partial charge is 0.287 e. The van der Waals surface area contributed by atoms with Crippen molar-refractivity contribution >= 4 is 28.8 Å². The molecule has 0 saturated carbocycles. The molecule has 1 atom stereocenters. The smallest absolute Gasteiger partial charge is 0.283 e. The maximum Gasteiger partial charge on any atom is 0.287 e. The molecule has 3 nitrogen and oxygen atoms in total. The lowest BCUT2D eigenvalue weighted by Gasteiger charge is -2.29. The van der Waals surface area contributed by atoms with Crippen LogP contribution in [-0.2, 0) is 0 Å². The number of hydrogen-bond donors (Lipinski definition) is 0. The lowest BCUT2D eigenvalue weighted by atomic mass is 10.0. The van der Waals surface area contributed by atoms with E-state index in [1.54, 1.807) is 11.0 Å². The summed E-state index contributed by atoms with van der Waals surface area (Å²) in [6.45, 7) is 1.93. The van der Waals surface area contributed by atoms with E-state index in [9.17, 15) is 4.79 Å². The summed E-state index contributed by atoms with van der Waals surface area (Å²) in [4.78, 5) is 13.6. The Morgan fingerprint density at radius 1 is 1.53 bits per heavy atom. The summed E-state index contributed by atoms with van der Waals surface area (Å²) < 4.78 is 0. The normalized spacial score (nSPS) is 17.4. The van der Waals surface area contributed by atoms with Crippen LogP contribution in [0.2, 0.25) is 0 Å². The van der Waals surface area contributed by atoms with Crippen LogP contribution in [0, 0.1) is 11.3 Å². The van der Waals surface area contributed by atoms with E-state index in [-0.39, 0.29) is 5.24 Å². The van der Waals surface area contributed by atoms with Gasteiger partial charge in [0.05, 0.1) is 11.8 Å². The first kappa shape index (κ1) is 11.7. The van der Waals surface area contributed by atoms with Crippen molar-refractivity contribution in [1.29, 1.82) is 5.26 Å². The molecule has 0 radical (unpaired) electrons. The second-order valence-electron chi connectivity index (χ2n) is 3.56. The number of para-hydroxylation sites is 1. The van der Waals surface area contributed by atoms with Gasteiger partial charge in [0.15, 0.2) is 0 Å². The van der Waals surface area contributed by atoms with Crippen molar-refractivity contribution in [3.63, 3.8) is 0 Å². The summed E-state index contributed by atoms with van der Waals surface area (Å²) in [6, 6.07) is 9.25. The van der Waals surface area contributed by atoms with E-state index in [0.717, 1.165) is 11.3 Å². The highest BCUT2D eigenvalue weighted by molar-refractivity contribution is 8.13. The van der Waals surface area contributed by atoms with Crippen molar-refractivity contribution < 1.29 is 4.79 Å². The molecular formula is C13H12N2OS. The van der Waals surface area contributed by atoms with Crippen LogP contribution in [-0.4, -0.2) is 17.0 Å². The van der Waals surface area contributed by atoms with Crippen LogP contribution in [0.1, 0.15) is 12.5 Å². The molecule has 1 aliphatic rings. The quantitative estimate of drug-likeness (QED) is 0.761. The fourth-order valence-corrected chi connectivity index (χ4v) is 2.38. The fraction of sp³-hybridized carbons (Fsp3) is 0.231. The van der Waals surface area contributed by atoms with Gasteiger partial charge in [-0.15, -0.1) is 0 Å².